The molecule has 0 saturated heterocycles. The lowest BCUT2D eigenvalue weighted by atomic mass is 10.1. The minimum absolute atomic E-state index is 0.00690. The van der Waals surface area contributed by atoms with Crippen molar-refractivity contribution >= 4 is 45.0 Å². The number of halogens is 3. The van der Waals surface area contributed by atoms with E-state index in [0.717, 1.165) is 0 Å². The standard InChI is InChI=1S/C19H18BrClFNO4/c1-26-18(25)6-3-9-27-19-15(22)4-2-5-16(19)23-11-17(24)12-7-8-14(21)13(20)10-12/h2,4-5,7-8,10,23H,3,6,9,11H2,1H3. The second-order valence-electron chi connectivity index (χ2n) is 5.55. The number of para-hydroxylation sites is 1. The summed E-state index contributed by atoms with van der Waals surface area (Å²) in [6.45, 7) is 0.0961. The maximum atomic E-state index is 14.1. The van der Waals surface area contributed by atoms with Crippen molar-refractivity contribution in [2.24, 2.45) is 0 Å². The van der Waals surface area contributed by atoms with E-state index >= 15 is 0 Å². The lowest BCUT2D eigenvalue weighted by molar-refractivity contribution is -0.140. The quantitative estimate of drug-likeness (QED) is 0.330. The minimum atomic E-state index is -0.556. The van der Waals surface area contributed by atoms with Crippen molar-refractivity contribution in [2.75, 3.05) is 25.6 Å². The van der Waals surface area contributed by atoms with Gasteiger partial charge in [-0.3, -0.25) is 9.59 Å². The van der Waals surface area contributed by atoms with Crippen LogP contribution in [0.4, 0.5) is 10.1 Å². The molecular weight excluding hydrogens is 441 g/mol. The normalized spacial score (nSPS) is 10.4. The lowest BCUT2D eigenvalue weighted by Crippen LogP contribution is -2.15. The molecule has 2 aromatic rings. The van der Waals surface area contributed by atoms with Crippen LogP contribution < -0.4 is 10.1 Å². The molecule has 0 radical (unpaired) electrons. The van der Waals surface area contributed by atoms with Crippen LogP contribution in [0.5, 0.6) is 5.75 Å². The van der Waals surface area contributed by atoms with Crippen LogP contribution in [0.3, 0.4) is 0 Å². The molecule has 0 unspecified atom stereocenters. The summed E-state index contributed by atoms with van der Waals surface area (Å²) >= 11 is 9.20. The first-order chi connectivity index (χ1) is 12.9. The number of Topliss-reactive ketones (excluding diaryl/α,β-unsaturated/α-hetero) is 1. The van der Waals surface area contributed by atoms with Gasteiger partial charge < -0.3 is 14.8 Å². The first kappa shape index (κ1) is 21.2. The van der Waals surface area contributed by atoms with E-state index in [1.54, 1.807) is 24.3 Å². The number of methoxy groups -OCH3 is 1. The number of ether oxygens (including phenoxy) is 2. The Morgan fingerprint density at radius 2 is 2.04 bits per heavy atom. The van der Waals surface area contributed by atoms with E-state index < -0.39 is 5.82 Å². The minimum Gasteiger partial charge on any atom is -0.488 e. The number of hydrogen-bond acceptors (Lipinski definition) is 5. The van der Waals surface area contributed by atoms with Gasteiger partial charge in [0.2, 0.25) is 0 Å². The van der Waals surface area contributed by atoms with E-state index in [9.17, 15) is 14.0 Å². The molecule has 0 aromatic heterocycles. The summed E-state index contributed by atoms with van der Waals surface area (Å²) in [6, 6.07) is 9.26. The van der Waals surface area contributed by atoms with Gasteiger partial charge in [-0.1, -0.05) is 17.7 Å². The van der Waals surface area contributed by atoms with Crippen LogP contribution in [0.2, 0.25) is 5.02 Å². The number of carbonyl (C=O) groups is 2. The van der Waals surface area contributed by atoms with Crippen LogP contribution in [0.15, 0.2) is 40.9 Å². The number of esters is 1. The Morgan fingerprint density at radius 1 is 1.26 bits per heavy atom. The summed E-state index contributed by atoms with van der Waals surface area (Å²) in [7, 11) is 1.30. The van der Waals surface area contributed by atoms with Crippen LogP contribution in [-0.2, 0) is 9.53 Å². The molecule has 0 saturated carbocycles. The van der Waals surface area contributed by atoms with Crippen LogP contribution >= 0.6 is 27.5 Å². The Balaban J connectivity index is 1.99. The highest BCUT2D eigenvalue weighted by molar-refractivity contribution is 9.10. The zero-order valence-corrected chi connectivity index (χ0v) is 16.9. The van der Waals surface area contributed by atoms with Crippen molar-refractivity contribution in [3.63, 3.8) is 0 Å². The van der Waals surface area contributed by atoms with Crippen LogP contribution in [-0.4, -0.2) is 32.0 Å². The average molecular weight is 459 g/mol. The van der Waals surface area contributed by atoms with Crippen molar-refractivity contribution in [1.29, 1.82) is 0 Å². The van der Waals surface area contributed by atoms with Gasteiger partial charge in [-0.25, -0.2) is 4.39 Å². The van der Waals surface area contributed by atoms with Crippen LogP contribution in [0.1, 0.15) is 23.2 Å². The highest BCUT2D eigenvalue weighted by Gasteiger charge is 2.13. The van der Waals surface area contributed by atoms with Gasteiger partial charge in [0.15, 0.2) is 17.3 Å². The molecule has 0 aliphatic heterocycles. The average Bonchev–Trinajstić information content (AvgIpc) is 2.66. The molecule has 0 aliphatic carbocycles. The number of nitrogens with one attached hydrogen (secondary N) is 1. The molecule has 144 valence electrons. The molecule has 1 N–H and O–H groups in total. The molecule has 0 atom stereocenters. The topological polar surface area (TPSA) is 64.6 Å². The van der Waals surface area contributed by atoms with Gasteiger partial charge in [0, 0.05) is 16.5 Å². The Hall–Kier alpha value is -2.12. The maximum Gasteiger partial charge on any atom is 0.305 e. The monoisotopic (exact) mass is 457 g/mol. The predicted molar refractivity (Wildman–Crippen MR) is 105 cm³/mol. The van der Waals surface area contributed by atoms with E-state index in [-0.39, 0.29) is 37.1 Å². The highest BCUT2D eigenvalue weighted by Crippen LogP contribution is 2.28. The largest absolute Gasteiger partial charge is 0.488 e. The Morgan fingerprint density at radius 3 is 2.74 bits per heavy atom. The molecule has 0 bridgehead atoms. The van der Waals surface area contributed by atoms with Gasteiger partial charge in [0.25, 0.3) is 0 Å². The third kappa shape index (κ3) is 6.22. The van der Waals surface area contributed by atoms with Gasteiger partial charge in [-0.2, -0.15) is 0 Å². The zero-order valence-electron chi connectivity index (χ0n) is 14.6. The Bertz CT molecular complexity index is 831. The fraction of sp³-hybridized carbons (Fsp3) is 0.263. The summed E-state index contributed by atoms with van der Waals surface area (Å²) < 4.78 is 24.7. The number of ketones is 1. The van der Waals surface area contributed by atoms with Gasteiger partial charge in [-0.05, 0) is 52.7 Å². The van der Waals surface area contributed by atoms with Gasteiger partial charge in [-0.15, -0.1) is 0 Å². The van der Waals surface area contributed by atoms with Crippen molar-refractivity contribution < 1.29 is 23.5 Å². The van der Waals surface area contributed by atoms with E-state index in [0.29, 0.717) is 27.2 Å². The second-order valence-corrected chi connectivity index (χ2v) is 6.81. The van der Waals surface area contributed by atoms with E-state index in [1.165, 1.54) is 19.2 Å². The Labute approximate surface area is 169 Å². The molecule has 27 heavy (non-hydrogen) atoms. The molecule has 0 fully saturated rings. The lowest BCUT2D eigenvalue weighted by Gasteiger charge is -2.14. The third-order valence-electron chi connectivity index (χ3n) is 3.65. The summed E-state index contributed by atoms with van der Waals surface area (Å²) in [5, 5.41) is 3.40. The molecule has 8 heteroatoms. The van der Waals surface area contributed by atoms with Gasteiger partial charge >= 0.3 is 5.97 Å². The van der Waals surface area contributed by atoms with E-state index in [1.807, 2.05) is 0 Å². The molecule has 0 amide bonds. The first-order valence-electron chi connectivity index (χ1n) is 8.12. The van der Waals surface area contributed by atoms with Crippen LogP contribution in [0.25, 0.3) is 0 Å². The molecular formula is C19H18BrClFNO4. The fourth-order valence-corrected chi connectivity index (χ4v) is 2.73. The van der Waals surface area contributed by atoms with E-state index in [2.05, 4.69) is 26.0 Å². The van der Waals surface area contributed by atoms with E-state index in [4.69, 9.17) is 16.3 Å². The number of carbonyl (C=O) groups excluding carboxylic acids is 2. The number of anilines is 1. The smallest absolute Gasteiger partial charge is 0.305 e. The highest BCUT2D eigenvalue weighted by atomic mass is 79.9. The molecule has 2 rings (SSSR count). The third-order valence-corrected chi connectivity index (χ3v) is 4.86. The molecule has 0 aliphatic rings. The van der Waals surface area contributed by atoms with Gasteiger partial charge in [0.05, 0.1) is 31.0 Å². The predicted octanol–water partition coefficient (Wildman–Crippen LogP) is 4.87. The second kappa shape index (κ2) is 10.3. The molecule has 2 aromatic carbocycles. The summed E-state index contributed by atoms with van der Waals surface area (Å²) in [5.74, 6) is -1.09. The van der Waals surface area contributed by atoms with Crippen molar-refractivity contribution in [3.8, 4) is 5.75 Å². The summed E-state index contributed by atoms with van der Waals surface area (Å²) in [4.78, 5) is 23.4. The summed E-state index contributed by atoms with van der Waals surface area (Å²) in [6.07, 6.45) is 0.565. The summed E-state index contributed by atoms with van der Waals surface area (Å²) in [5.41, 5.74) is 0.824. The molecule has 0 heterocycles. The van der Waals surface area contributed by atoms with Crippen molar-refractivity contribution in [2.45, 2.75) is 12.8 Å². The zero-order chi connectivity index (χ0) is 19.8. The van der Waals surface area contributed by atoms with Gasteiger partial charge in [0.1, 0.15) is 0 Å². The Kier molecular flexibility index (Phi) is 8.06. The molecule has 0 spiro atoms. The number of benzene rings is 2. The maximum absolute atomic E-state index is 14.1. The van der Waals surface area contributed by atoms with Crippen molar-refractivity contribution in [3.05, 3.63) is 57.3 Å². The SMILES string of the molecule is COC(=O)CCCOc1c(F)cccc1NCC(=O)c1ccc(Cl)c(Br)c1. The van der Waals surface area contributed by atoms with Crippen molar-refractivity contribution in [1.82, 2.24) is 0 Å². The number of rotatable bonds is 9. The number of hydrogen-bond donors (Lipinski definition) is 1. The van der Waals surface area contributed by atoms with Crippen LogP contribution in [0, 0.1) is 5.82 Å². The first-order valence-corrected chi connectivity index (χ1v) is 9.29. The molecule has 5 nitrogen and oxygen atoms in total. The fourth-order valence-electron chi connectivity index (χ4n) is 2.23.